The molecule has 0 saturated heterocycles. The topological polar surface area (TPSA) is 51.2 Å². The van der Waals surface area contributed by atoms with E-state index in [2.05, 4.69) is 33.2 Å². The highest BCUT2D eigenvalue weighted by atomic mass is 79.9. The molecule has 0 atom stereocenters. The minimum atomic E-state index is -0.237. The first-order valence-corrected chi connectivity index (χ1v) is 7.52. The van der Waals surface area contributed by atoms with Crippen molar-refractivity contribution in [2.75, 3.05) is 11.9 Å². The monoisotopic (exact) mass is 348 g/mol. The number of anilines is 1. The van der Waals surface area contributed by atoms with Crippen molar-refractivity contribution in [3.63, 3.8) is 0 Å². The van der Waals surface area contributed by atoms with Gasteiger partial charge < -0.3 is 10.1 Å². The molecule has 1 aromatic heterocycles. The lowest BCUT2D eigenvalue weighted by Crippen LogP contribution is -2.21. The van der Waals surface area contributed by atoms with E-state index in [0.717, 1.165) is 16.6 Å². The highest BCUT2D eigenvalue weighted by Gasteiger charge is 2.07. The Kier molecular flexibility index (Phi) is 5.33. The zero-order valence-electron chi connectivity index (χ0n) is 12.0. The van der Waals surface area contributed by atoms with Crippen LogP contribution in [-0.2, 0) is 11.2 Å². The summed E-state index contributed by atoms with van der Waals surface area (Å²) in [4.78, 5) is 16.1. The third-order valence-electron chi connectivity index (χ3n) is 2.92. The number of benzene rings is 1. The van der Waals surface area contributed by atoms with E-state index < -0.39 is 0 Å². The standard InChI is InChI=1S/C16H17BrN2O2/c1-3-12-7-8-14(13(17)9-12)21-10-16(20)19-15-6-4-5-11(2)18-15/h4-9H,3,10H2,1-2H3,(H,18,19,20). The number of rotatable bonds is 5. The molecule has 1 heterocycles. The maximum Gasteiger partial charge on any atom is 0.263 e. The van der Waals surface area contributed by atoms with Gasteiger partial charge in [0.2, 0.25) is 0 Å². The predicted octanol–water partition coefficient (Wildman–Crippen LogP) is 3.73. The Morgan fingerprint density at radius 1 is 1.33 bits per heavy atom. The second-order valence-corrected chi connectivity index (χ2v) is 5.47. The molecule has 0 spiro atoms. The van der Waals surface area contributed by atoms with Crippen LogP contribution in [0.4, 0.5) is 5.82 Å². The summed E-state index contributed by atoms with van der Waals surface area (Å²) in [5.74, 6) is 0.947. The van der Waals surface area contributed by atoms with Gasteiger partial charge in [0.1, 0.15) is 11.6 Å². The van der Waals surface area contributed by atoms with Crippen molar-refractivity contribution in [2.24, 2.45) is 0 Å². The molecule has 0 radical (unpaired) electrons. The third-order valence-corrected chi connectivity index (χ3v) is 3.54. The van der Waals surface area contributed by atoms with Crippen LogP contribution >= 0.6 is 15.9 Å². The molecule has 1 aromatic carbocycles. The van der Waals surface area contributed by atoms with Gasteiger partial charge in [0.15, 0.2) is 6.61 Å². The Labute approximate surface area is 132 Å². The summed E-state index contributed by atoms with van der Waals surface area (Å²) in [7, 11) is 0. The molecule has 2 rings (SSSR count). The van der Waals surface area contributed by atoms with Crippen molar-refractivity contribution >= 4 is 27.7 Å². The molecule has 0 aliphatic carbocycles. The van der Waals surface area contributed by atoms with Gasteiger partial charge in [0, 0.05) is 5.69 Å². The van der Waals surface area contributed by atoms with Crippen LogP contribution in [0, 0.1) is 6.92 Å². The number of halogens is 1. The number of hydrogen-bond acceptors (Lipinski definition) is 3. The highest BCUT2D eigenvalue weighted by Crippen LogP contribution is 2.26. The summed E-state index contributed by atoms with van der Waals surface area (Å²) in [6, 6.07) is 11.3. The molecule has 2 aromatic rings. The summed E-state index contributed by atoms with van der Waals surface area (Å²) in [5.41, 5.74) is 2.06. The Hall–Kier alpha value is -1.88. The normalized spacial score (nSPS) is 10.2. The van der Waals surface area contributed by atoms with Crippen LogP contribution in [0.3, 0.4) is 0 Å². The minimum Gasteiger partial charge on any atom is -0.483 e. The van der Waals surface area contributed by atoms with Gasteiger partial charge >= 0.3 is 0 Å². The summed E-state index contributed by atoms with van der Waals surface area (Å²) in [6.45, 7) is 3.91. The highest BCUT2D eigenvalue weighted by molar-refractivity contribution is 9.10. The van der Waals surface area contributed by atoms with E-state index in [1.165, 1.54) is 5.56 Å². The molecule has 5 heteroatoms. The number of nitrogens with zero attached hydrogens (tertiary/aromatic N) is 1. The number of amides is 1. The van der Waals surface area contributed by atoms with Crippen LogP contribution in [-0.4, -0.2) is 17.5 Å². The number of nitrogens with one attached hydrogen (secondary N) is 1. The van der Waals surface area contributed by atoms with E-state index in [9.17, 15) is 4.79 Å². The third kappa shape index (κ3) is 4.56. The largest absolute Gasteiger partial charge is 0.483 e. The van der Waals surface area contributed by atoms with Crippen molar-refractivity contribution in [1.29, 1.82) is 0 Å². The predicted molar refractivity (Wildman–Crippen MR) is 86.6 cm³/mol. The fourth-order valence-corrected chi connectivity index (χ4v) is 2.36. The van der Waals surface area contributed by atoms with Gasteiger partial charge in [-0.1, -0.05) is 19.1 Å². The smallest absolute Gasteiger partial charge is 0.263 e. The van der Waals surface area contributed by atoms with E-state index in [4.69, 9.17) is 4.74 Å². The molecular weight excluding hydrogens is 332 g/mol. The minimum absolute atomic E-state index is 0.0559. The van der Waals surface area contributed by atoms with Crippen LogP contribution in [0.1, 0.15) is 18.2 Å². The number of carbonyl (C=O) groups is 1. The van der Waals surface area contributed by atoms with Gasteiger partial charge in [-0.2, -0.15) is 0 Å². The molecule has 1 amide bonds. The Balaban J connectivity index is 1.92. The van der Waals surface area contributed by atoms with Crippen LogP contribution < -0.4 is 10.1 Å². The summed E-state index contributed by atoms with van der Waals surface area (Å²) in [6.07, 6.45) is 0.957. The molecule has 0 aliphatic rings. The number of aryl methyl sites for hydroxylation is 2. The first-order chi connectivity index (χ1) is 10.1. The average molecular weight is 349 g/mol. The molecule has 0 aliphatic heterocycles. The second kappa shape index (κ2) is 7.22. The Bertz CT molecular complexity index is 644. The van der Waals surface area contributed by atoms with Gasteiger partial charge in [-0.05, 0) is 59.1 Å². The van der Waals surface area contributed by atoms with Gasteiger partial charge in [-0.25, -0.2) is 4.98 Å². The first-order valence-electron chi connectivity index (χ1n) is 6.73. The average Bonchev–Trinajstić information content (AvgIpc) is 2.46. The SMILES string of the molecule is CCc1ccc(OCC(=O)Nc2cccc(C)n2)c(Br)c1. The van der Waals surface area contributed by atoms with Crippen molar-refractivity contribution in [3.8, 4) is 5.75 Å². The molecule has 110 valence electrons. The Morgan fingerprint density at radius 2 is 2.14 bits per heavy atom. The zero-order valence-corrected chi connectivity index (χ0v) is 13.6. The number of aromatic nitrogens is 1. The summed E-state index contributed by atoms with van der Waals surface area (Å²) >= 11 is 3.45. The molecule has 0 fully saturated rings. The van der Waals surface area contributed by atoms with Crippen LogP contribution in [0.15, 0.2) is 40.9 Å². The van der Waals surface area contributed by atoms with E-state index in [0.29, 0.717) is 11.6 Å². The van der Waals surface area contributed by atoms with Crippen molar-refractivity contribution < 1.29 is 9.53 Å². The second-order valence-electron chi connectivity index (χ2n) is 4.62. The maximum absolute atomic E-state index is 11.8. The summed E-state index contributed by atoms with van der Waals surface area (Å²) < 4.78 is 6.36. The van der Waals surface area contributed by atoms with E-state index in [1.54, 1.807) is 6.07 Å². The number of ether oxygens (including phenoxy) is 1. The number of pyridine rings is 1. The zero-order chi connectivity index (χ0) is 15.2. The summed E-state index contributed by atoms with van der Waals surface area (Å²) in [5, 5.41) is 2.70. The van der Waals surface area contributed by atoms with Gasteiger partial charge in [0.05, 0.1) is 4.47 Å². The molecule has 0 bridgehead atoms. The molecule has 1 N–H and O–H groups in total. The van der Waals surface area contributed by atoms with E-state index >= 15 is 0 Å². The van der Waals surface area contributed by atoms with Crippen molar-refractivity contribution in [3.05, 3.63) is 52.1 Å². The molecule has 0 unspecified atom stereocenters. The number of carbonyl (C=O) groups excluding carboxylic acids is 1. The van der Waals surface area contributed by atoms with E-state index in [1.807, 2.05) is 37.3 Å². The molecule has 21 heavy (non-hydrogen) atoms. The van der Waals surface area contributed by atoms with Gasteiger partial charge in [-0.15, -0.1) is 0 Å². The Morgan fingerprint density at radius 3 is 2.81 bits per heavy atom. The molecule has 4 nitrogen and oxygen atoms in total. The van der Waals surface area contributed by atoms with Crippen LogP contribution in [0.2, 0.25) is 0 Å². The number of hydrogen-bond donors (Lipinski definition) is 1. The van der Waals surface area contributed by atoms with Crippen LogP contribution in [0.5, 0.6) is 5.75 Å². The lowest BCUT2D eigenvalue weighted by molar-refractivity contribution is -0.118. The molecular formula is C16H17BrN2O2. The molecule has 0 saturated carbocycles. The quantitative estimate of drug-likeness (QED) is 0.895. The van der Waals surface area contributed by atoms with Gasteiger partial charge in [-0.3, -0.25) is 4.79 Å². The van der Waals surface area contributed by atoms with Crippen molar-refractivity contribution in [1.82, 2.24) is 4.98 Å². The van der Waals surface area contributed by atoms with Crippen LogP contribution in [0.25, 0.3) is 0 Å². The lowest BCUT2D eigenvalue weighted by Gasteiger charge is -2.09. The fourth-order valence-electron chi connectivity index (χ4n) is 1.82. The maximum atomic E-state index is 11.8. The van der Waals surface area contributed by atoms with Crippen molar-refractivity contribution in [2.45, 2.75) is 20.3 Å². The van der Waals surface area contributed by atoms with Gasteiger partial charge in [0.25, 0.3) is 5.91 Å². The lowest BCUT2D eigenvalue weighted by atomic mass is 10.2. The fraction of sp³-hybridized carbons (Fsp3) is 0.250. The van der Waals surface area contributed by atoms with E-state index in [-0.39, 0.29) is 12.5 Å². The first kappa shape index (κ1) is 15.5.